The van der Waals surface area contributed by atoms with Gasteiger partial charge in [0.2, 0.25) is 0 Å². The molecule has 0 fully saturated rings. The summed E-state index contributed by atoms with van der Waals surface area (Å²) in [6.45, 7) is 4.74. The smallest absolute Gasteiger partial charge is 0.0465 e. The number of nitrogens with one attached hydrogen (secondary N) is 1. The van der Waals surface area contributed by atoms with E-state index in [-0.39, 0.29) is 5.41 Å². The summed E-state index contributed by atoms with van der Waals surface area (Å²) < 4.78 is 0. The fourth-order valence-corrected chi connectivity index (χ4v) is 8.63. The van der Waals surface area contributed by atoms with Crippen LogP contribution in [0.5, 0.6) is 0 Å². The molecule has 2 heteroatoms. The second-order valence-corrected chi connectivity index (χ2v) is 15.5. The number of hydrogen-bond donors (Lipinski definition) is 1. The topological polar surface area (TPSA) is 15.3 Å². The van der Waals surface area contributed by atoms with E-state index in [2.05, 4.69) is 230 Å². The van der Waals surface area contributed by atoms with Crippen molar-refractivity contribution in [1.82, 2.24) is 0 Å². The van der Waals surface area contributed by atoms with Crippen molar-refractivity contribution >= 4 is 39.2 Å². The van der Waals surface area contributed by atoms with Crippen LogP contribution in [0.1, 0.15) is 25.0 Å². The van der Waals surface area contributed by atoms with Crippen molar-refractivity contribution in [1.29, 1.82) is 0 Å². The van der Waals surface area contributed by atoms with Crippen molar-refractivity contribution in [2.24, 2.45) is 0 Å². The molecule has 9 aromatic rings. The Labute approximate surface area is 335 Å². The zero-order valence-electron chi connectivity index (χ0n) is 32.2. The van der Waals surface area contributed by atoms with Gasteiger partial charge >= 0.3 is 0 Å². The van der Waals surface area contributed by atoms with Gasteiger partial charge in [0.1, 0.15) is 0 Å². The summed E-state index contributed by atoms with van der Waals surface area (Å²) in [6, 6.07) is 76.8. The predicted molar refractivity (Wildman–Crippen MR) is 242 cm³/mol. The standard InChI is InChI=1S/C55H42N2/c1-55(2)52-18-10-16-44-15-9-17-51(54(44)52)50-36-35-49(37-53(50)55)57(47-31-23-42(24-32-47)39-13-7-4-8-14-39)48-33-25-43(26-34-48)41-21-29-46(30-22-41)56-45-27-19-40(20-28-45)38-11-5-3-6-12-38/h3-37,56H,1-2H3. The maximum atomic E-state index is 3.57. The number of nitrogens with zero attached hydrogens (tertiary/aromatic N) is 1. The normalized spacial score (nSPS) is 12.5. The molecule has 1 N–H and O–H groups in total. The van der Waals surface area contributed by atoms with Crippen LogP contribution in [-0.2, 0) is 5.41 Å². The molecule has 10 rings (SSSR count). The van der Waals surface area contributed by atoms with Gasteiger partial charge in [0.05, 0.1) is 0 Å². The largest absolute Gasteiger partial charge is 0.356 e. The summed E-state index contributed by atoms with van der Waals surface area (Å²) in [7, 11) is 0. The molecule has 57 heavy (non-hydrogen) atoms. The Bertz CT molecular complexity index is 2830. The molecule has 0 atom stereocenters. The van der Waals surface area contributed by atoms with E-state index in [4.69, 9.17) is 0 Å². The van der Waals surface area contributed by atoms with Gasteiger partial charge in [0, 0.05) is 33.9 Å². The summed E-state index contributed by atoms with van der Waals surface area (Å²) in [5, 5.41) is 6.24. The first-order chi connectivity index (χ1) is 28.0. The summed E-state index contributed by atoms with van der Waals surface area (Å²) in [5.74, 6) is 0. The molecule has 0 unspecified atom stereocenters. The lowest BCUT2D eigenvalue weighted by Crippen LogP contribution is -2.24. The van der Waals surface area contributed by atoms with Gasteiger partial charge in [0.15, 0.2) is 0 Å². The Hall–Kier alpha value is -7.16. The molecule has 1 aliphatic rings. The van der Waals surface area contributed by atoms with E-state index in [1.54, 1.807) is 0 Å². The van der Waals surface area contributed by atoms with Crippen molar-refractivity contribution in [3.05, 3.63) is 223 Å². The number of fused-ring (bicyclic) bond motifs is 2. The molecule has 0 aromatic heterocycles. The van der Waals surface area contributed by atoms with Crippen LogP contribution in [0.3, 0.4) is 0 Å². The summed E-state index contributed by atoms with van der Waals surface area (Å²) in [6.07, 6.45) is 0. The molecule has 0 heterocycles. The minimum Gasteiger partial charge on any atom is -0.356 e. The lowest BCUT2D eigenvalue weighted by atomic mass is 9.68. The Morgan fingerprint density at radius 1 is 0.351 bits per heavy atom. The van der Waals surface area contributed by atoms with Gasteiger partial charge in [-0.2, -0.15) is 0 Å². The van der Waals surface area contributed by atoms with Gasteiger partial charge < -0.3 is 10.2 Å². The van der Waals surface area contributed by atoms with Crippen LogP contribution in [0, 0.1) is 0 Å². The van der Waals surface area contributed by atoms with Crippen molar-refractivity contribution in [3.8, 4) is 44.5 Å². The molecule has 9 aromatic carbocycles. The van der Waals surface area contributed by atoms with E-state index in [0.29, 0.717) is 0 Å². The Balaban J connectivity index is 0.974. The molecule has 0 amide bonds. The van der Waals surface area contributed by atoms with Crippen molar-refractivity contribution < 1.29 is 0 Å². The maximum absolute atomic E-state index is 3.57. The van der Waals surface area contributed by atoms with Gasteiger partial charge in [-0.15, -0.1) is 0 Å². The maximum Gasteiger partial charge on any atom is 0.0465 e. The number of anilines is 5. The minimum absolute atomic E-state index is 0.168. The van der Waals surface area contributed by atoms with Gasteiger partial charge in [0.25, 0.3) is 0 Å². The molecule has 0 aliphatic heterocycles. The monoisotopic (exact) mass is 730 g/mol. The fraction of sp³-hybridized carbons (Fsp3) is 0.0545. The minimum atomic E-state index is -0.168. The Morgan fingerprint density at radius 3 is 1.30 bits per heavy atom. The SMILES string of the molecule is CC1(C)c2cc(N(c3ccc(-c4ccccc4)cc3)c3ccc(-c4ccc(Nc5ccc(-c6ccccc6)cc5)cc4)cc3)ccc2-c2cccc3cccc1c23. The first-order valence-corrected chi connectivity index (χ1v) is 19.8. The van der Waals surface area contributed by atoms with Crippen LogP contribution < -0.4 is 10.2 Å². The van der Waals surface area contributed by atoms with Crippen molar-refractivity contribution in [2.75, 3.05) is 10.2 Å². The predicted octanol–water partition coefficient (Wildman–Crippen LogP) is 15.4. The van der Waals surface area contributed by atoms with Crippen LogP contribution in [-0.4, -0.2) is 0 Å². The number of benzene rings is 9. The third-order valence-corrected chi connectivity index (χ3v) is 11.7. The van der Waals surface area contributed by atoms with E-state index in [1.807, 2.05) is 6.07 Å². The van der Waals surface area contributed by atoms with Crippen LogP contribution in [0.15, 0.2) is 212 Å². The first kappa shape index (κ1) is 34.3. The molecular formula is C55H42N2. The van der Waals surface area contributed by atoms with E-state index in [0.717, 1.165) is 28.4 Å². The summed E-state index contributed by atoms with van der Waals surface area (Å²) in [4.78, 5) is 2.39. The molecule has 1 aliphatic carbocycles. The van der Waals surface area contributed by atoms with E-state index >= 15 is 0 Å². The average molecular weight is 731 g/mol. The van der Waals surface area contributed by atoms with Crippen LogP contribution >= 0.6 is 0 Å². The highest BCUT2D eigenvalue weighted by Crippen LogP contribution is 2.50. The van der Waals surface area contributed by atoms with Gasteiger partial charge in [-0.1, -0.05) is 166 Å². The molecule has 0 spiro atoms. The fourth-order valence-electron chi connectivity index (χ4n) is 8.63. The molecule has 272 valence electrons. The van der Waals surface area contributed by atoms with Crippen molar-refractivity contribution in [2.45, 2.75) is 19.3 Å². The molecule has 2 nitrogen and oxygen atoms in total. The Morgan fingerprint density at radius 2 is 0.789 bits per heavy atom. The summed E-state index contributed by atoms with van der Waals surface area (Å²) >= 11 is 0. The quantitative estimate of drug-likeness (QED) is 0.167. The van der Waals surface area contributed by atoms with Crippen LogP contribution in [0.2, 0.25) is 0 Å². The number of rotatable bonds is 8. The zero-order valence-corrected chi connectivity index (χ0v) is 32.2. The highest BCUT2D eigenvalue weighted by molar-refractivity contribution is 6.03. The third-order valence-electron chi connectivity index (χ3n) is 11.7. The zero-order chi connectivity index (χ0) is 38.3. The van der Waals surface area contributed by atoms with Gasteiger partial charge in [-0.25, -0.2) is 0 Å². The molecule has 0 saturated carbocycles. The van der Waals surface area contributed by atoms with Gasteiger partial charge in [-0.05, 0) is 127 Å². The lowest BCUT2D eigenvalue weighted by molar-refractivity contribution is 0.645. The van der Waals surface area contributed by atoms with Gasteiger partial charge in [-0.3, -0.25) is 0 Å². The molecular weight excluding hydrogens is 689 g/mol. The Kier molecular flexibility index (Phi) is 8.53. The average Bonchev–Trinajstić information content (AvgIpc) is 3.27. The lowest BCUT2D eigenvalue weighted by Gasteiger charge is -2.36. The van der Waals surface area contributed by atoms with Crippen molar-refractivity contribution in [3.63, 3.8) is 0 Å². The van der Waals surface area contributed by atoms with Crippen LogP contribution in [0.25, 0.3) is 55.3 Å². The molecule has 0 bridgehead atoms. The van der Waals surface area contributed by atoms with E-state index in [1.165, 1.54) is 66.4 Å². The molecule has 0 saturated heterocycles. The second-order valence-electron chi connectivity index (χ2n) is 15.5. The van der Waals surface area contributed by atoms with E-state index in [9.17, 15) is 0 Å². The molecule has 0 radical (unpaired) electrons. The van der Waals surface area contributed by atoms with E-state index < -0.39 is 0 Å². The highest BCUT2D eigenvalue weighted by atomic mass is 15.1. The highest BCUT2D eigenvalue weighted by Gasteiger charge is 2.34. The number of hydrogen-bond acceptors (Lipinski definition) is 2. The van der Waals surface area contributed by atoms with Crippen LogP contribution in [0.4, 0.5) is 28.4 Å². The summed E-state index contributed by atoms with van der Waals surface area (Å²) in [5.41, 5.74) is 17.9. The second kappa shape index (κ2) is 14.2. The first-order valence-electron chi connectivity index (χ1n) is 19.8. The third kappa shape index (κ3) is 6.36.